The first kappa shape index (κ1) is 35.1. The molecule has 0 aliphatic carbocycles. The van der Waals surface area contributed by atoms with Crippen LogP contribution in [0.4, 0.5) is 0 Å². The molecule has 1 heterocycles. The number of hydrogen-bond acceptors (Lipinski definition) is 12. The predicted molar refractivity (Wildman–Crippen MR) is 192 cm³/mol. The Labute approximate surface area is 285 Å². The van der Waals surface area contributed by atoms with Gasteiger partial charge in [0.1, 0.15) is 0 Å². The molecule has 0 amide bonds. The third-order valence-electron chi connectivity index (χ3n) is 8.38. The topological polar surface area (TPSA) is 111 Å². The molecule has 1 aromatic heterocycles. The minimum absolute atomic E-state index is 0.0267. The molecule has 0 unspecified atom stereocenters. The summed E-state index contributed by atoms with van der Waals surface area (Å²) in [6.45, 7) is 0. The van der Waals surface area contributed by atoms with Gasteiger partial charge in [-0.05, 0) is 24.3 Å². The van der Waals surface area contributed by atoms with E-state index in [1.54, 1.807) is 85.3 Å². The summed E-state index contributed by atoms with van der Waals surface area (Å²) < 4.78 is 71.9. The van der Waals surface area contributed by atoms with Gasteiger partial charge in [-0.25, -0.2) is 0 Å². The first-order valence-electron chi connectivity index (χ1n) is 14.9. The summed E-state index contributed by atoms with van der Waals surface area (Å²) in [4.78, 5) is 0. The largest absolute Gasteiger partial charge is 0.493 e. The molecule has 0 fully saturated rings. The molecule has 262 valence electrons. The smallest absolute Gasteiger partial charge is 0.203 e. The van der Waals surface area contributed by atoms with E-state index in [-0.39, 0.29) is 8.19 Å². The molecule has 49 heavy (non-hydrogen) atoms. The van der Waals surface area contributed by atoms with Crippen LogP contribution in [0.5, 0.6) is 69.0 Å². The highest BCUT2D eigenvalue weighted by atomic mass is 31.0. The lowest BCUT2D eigenvalue weighted by molar-refractivity contribution is 0.325. The molecule has 0 aliphatic rings. The Balaban J connectivity index is 2.47. The summed E-state index contributed by atoms with van der Waals surface area (Å²) in [6, 6.07) is 7.62. The van der Waals surface area contributed by atoms with Gasteiger partial charge in [-0.1, -0.05) is 0 Å². The van der Waals surface area contributed by atoms with Crippen LogP contribution in [-0.2, 0) is 0 Å². The molecule has 4 aromatic carbocycles. The van der Waals surface area contributed by atoms with Crippen molar-refractivity contribution < 1.29 is 56.8 Å². The van der Waals surface area contributed by atoms with Crippen molar-refractivity contribution >= 4 is 50.7 Å². The maximum absolute atomic E-state index is 6.21. The third kappa shape index (κ3) is 5.40. The summed E-state index contributed by atoms with van der Waals surface area (Å²) in [5, 5.41) is 5.54. The van der Waals surface area contributed by atoms with Crippen LogP contribution in [0.3, 0.4) is 0 Å². The van der Waals surface area contributed by atoms with Crippen molar-refractivity contribution in [3.05, 3.63) is 24.3 Å². The van der Waals surface area contributed by atoms with Gasteiger partial charge in [-0.3, -0.25) is 0 Å². The van der Waals surface area contributed by atoms with Gasteiger partial charge in [0.25, 0.3) is 0 Å². The average Bonchev–Trinajstić information content (AvgIpc) is 3.18. The van der Waals surface area contributed by atoms with Crippen molar-refractivity contribution in [2.45, 2.75) is 0 Å². The monoisotopic (exact) mass is 696 g/mol. The Bertz CT molecular complexity index is 1970. The first-order chi connectivity index (χ1) is 23.8. The number of hydrogen-bond donors (Lipinski definition) is 0. The molecule has 0 bridgehead atoms. The molecule has 0 aliphatic heterocycles. The summed E-state index contributed by atoms with van der Waals surface area (Å²) in [7, 11) is 18.8. The summed E-state index contributed by atoms with van der Waals surface area (Å²) in [5.41, 5.74) is 0. The average molecular weight is 697 g/mol. The van der Waals surface area contributed by atoms with Crippen molar-refractivity contribution in [3.63, 3.8) is 0 Å². The third-order valence-corrected chi connectivity index (χ3v) is 9.71. The molecule has 12 nitrogen and oxygen atoms in total. The van der Waals surface area contributed by atoms with Crippen LogP contribution in [0.15, 0.2) is 24.3 Å². The van der Waals surface area contributed by atoms with Crippen LogP contribution >= 0.6 is 8.19 Å². The second kappa shape index (κ2) is 14.5. The fourth-order valence-corrected chi connectivity index (χ4v) is 7.84. The van der Waals surface area contributed by atoms with E-state index in [0.717, 1.165) is 10.2 Å². The van der Waals surface area contributed by atoms with E-state index in [4.69, 9.17) is 56.8 Å². The van der Waals surface area contributed by atoms with Crippen molar-refractivity contribution in [1.29, 1.82) is 0 Å². The highest BCUT2D eigenvalue weighted by Gasteiger charge is 2.28. The Morgan fingerprint density at radius 3 is 0.776 bits per heavy atom. The molecule has 5 rings (SSSR count). The van der Waals surface area contributed by atoms with Crippen molar-refractivity contribution in [1.82, 2.24) is 0 Å². The van der Waals surface area contributed by atoms with Crippen molar-refractivity contribution in [2.24, 2.45) is 0 Å². The highest BCUT2D eigenvalue weighted by molar-refractivity contribution is 7.43. The zero-order valence-electron chi connectivity index (χ0n) is 29.7. The lowest BCUT2D eigenvalue weighted by Gasteiger charge is -2.20. The number of ether oxygens (including phenoxy) is 12. The maximum Gasteiger partial charge on any atom is 0.203 e. The summed E-state index contributed by atoms with van der Waals surface area (Å²) >= 11 is 0. The van der Waals surface area contributed by atoms with E-state index in [0.29, 0.717) is 101 Å². The fourth-order valence-electron chi connectivity index (χ4n) is 6.39. The van der Waals surface area contributed by atoms with E-state index in [2.05, 4.69) is 0 Å². The van der Waals surface area contributed by atoms with E-state index < -0.39 is 0 Å². The molecule has 5 aromatic rings. The lowest BCUT2D eigenvalue weighted by atomic mass is 9.97. The van der Waals surface area contributed by atoms with Crippen LogP contribution in [0.1, 0.15) is 0 Å². The second-order valence-corrected chi connectivity index (χ2v) is 11.7. The minimum Gasteiger partial charge on any atom is -0.493 e. The minimum atomic E-state index is -0.0267. The molecule has 0 saturated heterocycles. The fraction of sp³-hybridized carbons (Fsp3) is 0.333. The molecular weight excluding hydrogens is 655 g/mol. The van der Waals surface area contributed by atoms with Gasteiger partial charge in [-0.2, -0.15) is 0 Å². The Hall–Kier alpha value is -5.22. The van der Waals surface area contributed by atoms with Crippen molar-refractivity contribution in [3.8, 4) is 69.0 Å². The zero-order valence-corrected chi connectivity index (χ0v) is 30.7. The van der Waals surface area contributed by atoms with Gasteiger partial charge in [0, 0.05) is 42.6 Å². The molecule has 0 radical (unpaired) electrons. The van der Waals surface area contributed by atoms with Crippen LogP contribution in [0.2, 0.25) is 0 Å². The van der Waals surface area contributed by atoms with Crippen LogP contribution < -0.4 is 56.8 Å². The van der Waals surface area contributed by atoms with E-state index in [1.165, 1.54) is 0 Å². The van der Waals surface area contributed by atoms with Gasteiger partial charge in [0.15, 0.2) is 46.0 Å². The number of methoxy groups -OCH3 is 12. The van der Waals surface area contributed by atoms with Crippen LogP contribution in [0, 0.1) is 0 Å². The van der Waals surface area contributed by atoms with E-state index in [1.807, 2.05) is 24.3 Å². The van der Waals surface area contributed by atoms with Gasteiger partial charge >= 0.3 is 0 Å². The van der Waals surface area contributed by atoms with Crippen LogP contribution in [0.25, 0.3) is 42.6 Å². The summed E-state index contributed by atoms with van der Waals surface area (Å²) in [5.74, 6) is 4.88. The zero-order chi connectivity index (χ0) is 35.6. The lowest BCUT2D eigenvalue weighted by Crippen LogP contribution is -2.00. The highest BCUT2D eigenvalue weighted by Crippen LogP contribution is 2.58. The number of rotatable bonds is 12. The normalized spacial score (nSPS) is 10.9. The Morgan fingerprint density at radius 2 is 0.531 bits per heavy atom. The van der Waals surface area contributed by atoms with Gasteiger partial charge in [-0.15, -0.1) is 8.19 Å². The van der Waals surface area contributed by atoms with Gasteiger partial charge in [0.2, 0.25) is 23.0 Å². The maximum atomic E-state index is 6.21. The first-order valence-corrected chi connectivity index (χ1v) is 15.9. The standard InChI is InChI=1S/C36H41O12P/c1-37-19-13-17-25-23(15-21(39-3)31(43-7)33(25)45-9)49-24-16-22(40-4)32(44-8)34(46-10)26(24)18-14-20(38-2)30(42-6)36(48-12)28(18)27(17)35(47-11)29(19)41-5/h13-16,49H,1-12H3. The molecular formula is C36H41O12P. The van der Waals surface area contributed by atoms with Crippen LogP contribution in [-0.4, -0.2) is 85.3 Å². The quantitative estimate of drug-likeness (QED) is 0.128. The SMILES string of the molecule is COc1cc2[pH]c3cc(OC)c(OC)c(OC)c3c3cc(OC)c(OC)c(OC)c3c3c(OC)c(OC)c(OC)cc3c2c(OC)c1OC. The molecule has 0 saturated carbocycles. The second-order valence-electron chi connectivity index (χ2n) is 10.4. The van der Waals surface area contributed by atoms with Crippen molar-refractivity contribution in [2.75, 3.05) is 85.3 Å². The molecule has 0 atom stereocenters. The van der Waals surface area contributed by atoms with Gasteiger partial charge < -0.3 is 56.8 Å². The number of fused-ring (bicyclic) bond motifs is 7. The van der Waals surface area contributed by atoms with E-state index in [9.17, 15) is 0 Å². The Morgan fingerprint density at radius 1 is 0.286 bits per heavy atom. The van der Waals surface area contributed by atoms with E-state index >= 15 is 0 Å². The molecule has 13 heteroatoms. The Kier molecular flexibility index (Phi) is 10.4. The number of benzene rings is 4. The molecule has 0 N–H and O–H groups in total. The summed E-state index contributed by atoms with van der Waals surface area (Å²) in [6.07, 6.45) is 0. The molecule has 0 spiro atoms. The van der Waals surface area contributed by atoms with Gasteiger partial charge in [0.05, 0.1) is 85.3 Å². The predicted octanol–water partition coefficient (Wildman–Crippen LogP) is 7.56.